The summed E-state index contributed by atoms with van der Waals surface area (Å²) >= 11 is 2.68. The van der Waals surface area contributed by atoms with Gasteiger partial charge in [-0.15, -0.1) is 11.3 Å². The number of carbonyl (C=O) groups is 2. The second kappa shape index (κ2) is 9.57. The minimum Gasteiger partial charge on any atom is -0.490 e. The van der Waals surface area contributed by atoms with Gasteiger partial charge in [0.1, 0.15) is 0 Å². The van der Waals surface area contributed by atoms with Gasteiger partial charge < -0.3 is 14.6 Å². The number of amidine groups is 1. The van der Waals surface area contributed by atoms with E-state index >= 15 is 0 Å². The molecule has 1 aromatic heterocycles. The van der Waals surface area contributed by atoms with Crippen LogP contribution in [-0.2, 0) is 9.59 Å². The number of thiazole rings is 1. The van der Waals surface area contributed by atoms with Gasteiger partial charge in [-0.25, -0.2) is 4.98 Å². The number of likely N-dealkylation sites (N-methyl/N-ethyl adjacent to an activating group) is 1. The Morgan fingerprint density at radius 2 is 2.17 bits per heavy atom. The number of rotatable bonds is 8. The number of thioether (sulfide) groups is 1. The fraction of sp³-hybridized carbons (Fsp3) is 0.263. The summed E-state index contributed by atoms with van der Waals surface area (Å²) in [6.07, 6.45) is 3.32. The van der Waals surface area contributed by atoms with Gasteiger partial charge in [-0.2, -0.15) is 4.99 Å². The summed E-state index contributed by atoms with van der Waals surface area (Å²) in [5.74, 6) is -0.123. The maximum absolute atomic E-state index is 12.6. The molecular weight excluding hydrogens is 414 g/mol. The topological polar surface area (TPSA) is 101 Å². The molecule has 1 saturated heterocycles. The highest BCUT2D eigenvalue weighted by Crippen LogP contribution is 2.35. The van der Waals surface area contributed by atoms with E-state index in [9.17, 15) is 9.59 Å². The summed E-state index contributed by atoms with van der Waals surface area (Å²) in [5.41, 5.74) is 0.763. The van der Waals surface area contributed by atoms with Crippen LogP contribution in [0.2, 0.25) is 0 Å². The Morgan fingerprint density at radius 1 is 1.34 bits per heavy atom. The SMILES string of the molecule is CCOc1cc(/C=C2/S/C(=N/c3nccs3)N(C)C2=O)ccc1OCCC(=O)O. The van der Waals surface area contributed by atoms with E-state index in [4.69, 9.17) is 14.6 Å². The second-order valence-corrected chi connectivity index (χ2v) is 7.70. The van der Waals surface area contributed by atoms with Crippen molar-refractivity contribution in [2.24, 2.45) is 4.99 Å². The third kappa shape index (κ3) is 5.36. The number of hydrogen-bond acceptors (Lipinski definition) is 8. The first kappa shape index (κ1) is 20.9. The first-order valence-corrected chi connectivity index (χ1v) is 10.4. The first-order chi connectivity index (χ1) is 14.0. The lowest BCUT2D eigenvalue weighted by molar-refractivity contribution is -0.137. The molecule has 10 heteroatoms. The van der Waals surface area contributed by atoms with E-state index in [1.54, 1.807) is 37.5 Å². The molecule has 1 fully saturated rings. The largest absolute Gasteiger partial charge is 0.490 e. The minimum atomic E-state index is -0.930. The van der Waals surface area contributed by atoms with E-state index < -0.39 is 5.97 Å². The van der Waals surface area contributed by atoms with Crippen LogP contribution >= 0.6 is 23.1 Å². The zero-order valence-corrected chi connectivity index (χ0v) is 17.5. The third-order valence-corrected chi connectivity index (χ3v) is 5.48. The quantitative estimate of drug-likeness (QED) is 0.634. The second-order valence-electron chi connectivity index (χ2n) is 5.82. The monoisotopic (exact) mass is 433 g/mol. The fourth-order valence-corrected chi connectivity index (χ4v) is 3.94. The van der Waals surface area contributed by atoms with Crippen LogP contribution in [-0.4, -0.2) is 52.3 Å². The molecule has 0 saturated carbocycles. The van der Waals surface area contributed by atoms with Crippen LogP contribution in [0.5, 0.6) is 11.5 Å². The molecule has 2 heterocycles. The Morgan fingerprint density at radius 3 is 2.86 bits per heavy atom. The molecule has 2 aromatic rings. The molecule has 1 N–H and O–H groups in total. The van der Waals surface area contributed by atoms with Crippen molar-refractivity contribution in [2.75, 3.05) is 20.3 Å². The number of aliphatic carboxylic acids is 1. The van der Waals surface area contributed by atoms with Crippen LogP contribution in [0.25, 0.3) is 6.08 Å². The molecule has 1 aliphatic rings. The number of hydrogen-bond donors (Lipinski definition) is 1. The van der Waals surface area contributed by atoms with Crippen LogP contribution in [0.4, 0.5) is 5.13 Å². The highest BCUT2D eigenvalue weighted by molar-refractivity contribution is 8.18. The molecule has 0 unspecified atom stereocenters. The molecular formula is C19H19N3O5S2. The molecule has 0 radical (unpaired) electrons. The van der Waals surface area contributed by atoms with Gasteiger partial charge in [-0.1, -0.05) is 6.07 Å². The summed E-state index contributed by atoms with van der Waals surface area (Å²) in [4.78, 5) is 33.8. The lowest BCUT2D eigenvalue weighted by Crippen LogP contribution is -2.23. The van der Waals surface area contributed by atoms with Crippen LogP contribution in [0.1, 0.15) is 18.9 Å². The lowest BCUT2D eigenvalue weighted by atomic mass is 10.2. The van der Waals surface area contributed by atoms with Crippen molar-refractivity contribution in [1.82, 2.24) is 9.88 Å². The van der Waals surface area contributed by atoms with E-state index in [2.05, 4.69) is 9.98 Å². The Balaban J connectivity index is 1.80. The normalized spacial score (nSPS) is 16.6. The smallest absolute Gasteiger partial charge is 0.306 e. The van der Waals surface area contributed by atoms with Crippen molar-refractivity contribution < 1.29 is 24.2 Å². The molecule has 3 rings (SSSR count). The third-order valence-electron chi connectivity index (χ3n) is 3.75. The zero-order valence-electron chi connectivity index (χ0n) is 15.8. The Hall–Kier alpha value is -2.85. The zero-order chi connectivity index (χ0) is 20.8. The average molecular weight is 434 g/mol. The highest BCUT2D eigenvalue weighted by atomic mass is 32.2. The predicted molar refractivity (Wildman–Crippen MR) is 113 cm³/mol. The number of aliphatic imine (C=N–C) groups is 1. The van der Waals surface area contributed by atoms with Crippen LogP contribution in [0, 0.1) is 0 Å². The first-order valence-electron chi connectivity index (χ1n) is 8.75. The summed E-state index contributed by atoms with van der Waals surface area (Å²) in [7, 11) is 1.67. The fourth-order valence-electron chi connectivity index (χ4n) is 2.41. The number of aromatic nitrogens is 1. The van der Waals surface area contributed by atoms with Gasteiger partial charge >= 0.3 is 5.97 Å². The van der Waals surface area contributed by atoms with Crippen molar-refractivity contribution in [3.05, 3.63) is 40.2 Å². The highest BCUT2D eigenvalue weighted by Gasteiger charge is 2.30. The predicted octanol–water partition coefficient (Wildman–Crippen LogP) is 3.63. The maximum Gasteiger partial charge on any atom is 0.306 e. The van der Waals surface area contributed by atoms with Gasteiger partial charge in [-0.05, 0) is 42.5 Å². The Bertz CT molecular complexity index is 957. The number of ether oxygens (including phenoxy) is 2. The number of carboxylic acid groups (broad SMARTS) is 1. The maximum atomic E-state index is 12.6. The summed E-state index contributed by atoms with van der Waals surface area (Å²) in [5, 5.41) is 11.7. The van der Waals surface area contributed by atoms with Crippen LogP contribution in [0.3, 0.4) is 0 Å². The summed E-state index contributed by atoms with van der Waals surface area (Å²) < 4.78 is 11.1. The van der Waals surface area contributed by atoms with Crippen molar-refractivity contribution in [3.63, 3.8) is 0 Å². The molecule has 1 aromatic carbocycles. The van der Waals surface area contributed by atoms with E-state index in [0.29, 0.717) is 33.3 Å². The number of amides is 1. The van der Waals surface area contributed by atoms with Gasteiger partial charge in [0, 0.05) is 18.6 Å². The minimum absolute atomic E-state index is 0.0472. The van der Waals surface area contributed by atoms with E-state index in [0.717, 1.165) is 5.56 Å². The van der Waals surface area contributed by atoms with Crippen molar-refractivity contribution in [2.45, 2.75) is 13.3 Å². The number of carboxylic acids is 1. The van der Waals surface area contributed by atoms with Gasteiger partial charge in [0.25, 0.3) is 5.91 Å². The summed E-state index contributed by atoms with van der Waals surface area (Å²) in [6, 6.07) is 5.25. The number of benzene rings is 1. The van der Waals surface area contributed by atoms with Gasteiger partial charge in [-0.3, -0.25) is 14.5 Å². The Labute approximate surface area is 175 Å². The average Bonchev–Trinajstić information content (AvgIpc) is 3.28. The number of nitrogens with zero attached hydrogens (tertiary/aromatic N) is 3. The number of carbonyl (C=O) groups excluding carboxylic acids is 1. The molecule has 29 heavy (non-hydrogen) atoms. The molecule has 1 aliphatic heterocycles. The molecule has 0 atom stereocenters. The molecule has 152 valence electrons. The molecule has 0 bridgehead atoms. The van der Waals surface area contributed by atoms with Gasteiger partial charge in [0.05, 0.1) is 24.5 Å². The van der Waals surface area contributed by atoms with Crippen molar-refractivity contribution in [1.29, 1.82) is 0 Å². The van der Waals surface area contributed by atoms with Crippen LogP contribution < -0.4 is 9.47 Å². The van der Waals surface area contributed by atoms with E-state index in [-0.39, 0.29) is 18.9 Å². The standard InChI is InChI=1S/C19H19N3O5S2/c1-3-26-14-10-12(4-5-13(14)27-8-6-16(23)24)11-15-17(25)22(2)19(29-15)21-18-20-7-9-28-18/h4-5,7,9-11H,3,6,8H2,1-2H3,(H,23,24)/b15-11+,21-19+. The molecule has 0 spiro atoms. The van der Waals surface area contributed by atoms with Crippen LogP contribution in [0.15, 0.2) is 39.7 Å². The molecule has 0 aliphatic carbocycles. The molecule has 8 nitrogen and oxygen atoms in total. The molecule has 1 amide bonds. The Kier molecular flexibility index (Phi) is 6.89. The van der Waals surface area contributed by atoms with Crippen molar-refractivity contribution in [3.8, 4) is 11.5 Å². The van der Waals surface area contributed by atoms with E-state index in [1.165, 1.54) is 28.0 Å². The van der Waals surface area contributed by atoms with Gasteiger partial charge in [0.2, 0.25) is 5.13 Å². The van der Waals surface area contributed by atoms with Gasteiger partial charge in [0.15, 0.2) is 16.7 Å². The van der Waals surface area contributed by atoms with E-state index in [1.807, 2.05) is 12.3 Å². The lowest BCUT2D eigenvalue weighted by Gasteiger charge is -2.12. The van der Waals surface area contributed by atoms with Crippen molar-refractivity contribution >= 4 is 51.4 Å². The summed E-state index contributed by atoms with van der Waals surface area (Å²) in [6.45, 7) is 2.32.